The smallest absolute Gasteiger partial charge is 0.275 e. The number of rotatable bonds is 2. The first kappa shape index (κ1) is 19.6. The normalized spacial score (nSPS) is 12.2. The summed E-state index contributed by atoms with van der Waals surface area (Å²) in [4.78, 5) is 11.8. The first-order chi connectivity index (χ1) is 9.90. The van der Waals surface area contributed by atoms with Gasteiger partial charge < -0.3 is 14.8 Å². The molecule has 2 heterocycles. The Morgan fingerprint density at radius 2 is 1.73 bits per heavy atom. The predicted octanol–water partition coefficient (Wildman–Crippen LogP) is 1.51. The Morgan fingerprint density at radius 3 is 2.14 bits per heavy atom. The average molecular weight is 434 g/mol. The van der Waals surface area contributed by atoms with Gasteiger partial charge in [0.1, 0.15) is 13.4 Å². The predicted molar refractivity (Wildman–Crippen MR) is 102 cm³/mol. The molecule has 0 spiro atoms. The molecule has 0 atom stereocenters. The van der Waals surface area contributed by atoms with Crippen LogP contribution in [-0.4, -0.2) is 37.8 Å². The molecule has 5 nitrogen and oxygen atoms in total. The molecule has 2 radical (unpaired) electrons. The van der Waals surface area contributed by atoms with Gasteiger partial charge in [0, 0.05) is 55.2 Å². The molecular weight excluding hydrogens is 414 g/mol. The van der Waals surface area contributed by atoms with Crippen molar-refractivity contribution in [1.29, 1.82) is 0 Å². The Balaban J connectivity index is 0.000000261. The summed E-state index contributed by atoms with van der Waals surface area (Å²) >= 11 is 2.13. The summed E-state index contributed by atoms with van der Waals surface area (Å²) in [5.74, 6) is 0. The number of aliphatic hydroxyl groups is 2. The molecule has 0 aliphatic heterocycles. The molecule has 0 aromatic carbocycles. The summed E-state index contributed by atoms with van der Waals surface area (Å²) < 4.78 is 3.32. The van der Waals surface area contributed by atoms with Gasteiger partial charge >= 0.3 is 0 Å². The monoisotopic (exact) mass is 434 g/mol. The van der Waals surface area contributed by atoms with E-state index in [1.807, 2.05) is 16.2 Å². The summed E-state index contributed by atoms with van der Waals surface area (Å²) in [5.41, 5.74) is -0.762. The largest absolute Gasteiger partial charge is 0.387 e. The quantitative estimate of drug-likeness (QED) is 0.556. The van der Waals surface area contributed by atoms with E-state index in [0.717, 1.165) is 5.39 Å². The number of pyridine rings is 1. The molecule has 2 aromatic heterocycles. The Kier molecular flexibility index (Phi) is 6.22. The SMILES string of the molecule is CC(C)(O)C(C)(C)O.[B]c1cn(C)c(=O)c2c1ccn2SI. The molecule has 2 aromatic rings. The lowest BCUT2D eigenvalue weighted by Crippen LogP contribution is -2.44. The maximum Gasteiger partial charge on any atom is 0.275 e. The van der Waals surface area contributed by atoms with E-state index in [4.69, 9.17) is 18.1 Å². The Hall–Kier alpha value is -0.445. The van der Waals surface area contributed by atoms with E-state index in [0.29, 0.717) is 11.0 Å². The van der Waals surface area contributed by atoms with Crippen LogP contribution in [0.15, 0.2) is 23.3 Å². The van der Waals surface area contributed by atoms with Gasteiger partial charge in [0.05, 0.1) is 11.2 Å². The van der Waals surface area contributed by atoms with Crippen LogP contribution in [0.4, 0.5) is 0 Å². The van der Waals surface area contributed by atoms with Crippen molar-refractivity contribution < 1.29 is 10.2 Å². The van der Waals surface area contributed by atoms with Crippen molar-refractivity contribution in [2.45, 2.75) is 38.9 Å². The first-order valence-corrected chi connectivity index (χ1v) is 9.91. The van der Waals surface area contributed by atoms with E-state index in [1.165, 1.54) is 13.7 Å². The summed E-state index contributed by atoms with van der Waals surface area (Å²) in [5, 5.41) is 19.0. The molecule has 0 amide bonds. The first-order valence-electron chi connectivity index (χ1n) is 6.60. The lowest BCUT2D eigenvalue weighted by atomic mass is 9.90. The Morgan fingerprint density at radius 1 is 1.23 bits per heavy atom. The number of aryl methyl sites for hydroxylation is 1. The zero-order valence-corrected chi connectivity index (χ0v) is 16.3. The molecule has 0 saturated carbocycles. The van der Waals surface area contributed by atoms with Crippen LogP contribution >= 0.6 is 30.3 Å². The molecule has 0 saturated heterocycles. The number of fused-ring (bicyclic) bond motifs is 1. The lowest BCUT2D eigenvalue weighted by molar-refractivity contribution is -0.107. The van der Waals surface area contributed by atoms with Crippen LogP contribution in [0.1, 0.15) is 27.7 Å². The van der Waals surface area contributed by atoms with Gasteiger partial charge in [-0.15, -0.1) is 0 Å². The van der Waals surface area contributed by atoms with Crippen LogP contribution in [0.2, 0.25) is 0 Å². The molecule has 0 bridgehead atoms. The van der Waals surface area contributed by atoms with E-state index in [-0.39, 0.29) is 5.56 Å². The lowest BCUT2D eigenvalue weighted by Gasteiger charge is -2.31. The zero-order valence-electron chi connectivity index (χ0n) is 13.3. The average Bonchev–Trinajstić information content (AvgIpc) is 2.78. The molecule has 120 valence electrons. The maximum atomic E-state index is 11.8. The van der Waals surface area contributed by atoms with Crippen molar-refractivity contribution >= 4 is 54.5 Å². The molecule has 2 rings (SSSR count). The molecule has 0 aliphatic carbocycles. The van der Waals surface area contributed by atoms with Gasteiger partial charge in [-0.3, -0.25) is 8.77 Å². The Labute approximate surface area is 147 Å². The highest BCUT2D eigenvalue weighted by atomic mass is 127. The maximum absolute atomic E-state index is 11.8. The molecule has 0 unspecified atom stereocenters. The summed E-state index contributed by atoms with van der Waals surface area (Å²) in [6.07, 6.45) is 3.49. The molecule has 8 heteroatoms. The van der Waals surface area contributed by atoms with E-state index in [9.17, 15) is 4.79 Å². The third-order valence-corrected chi connectivity index (χ3v) is 5.32. The van der Waals surface area contributed by atoms with E-state index in [1.54, 1.807) is 40.9 Å². The van der Waals surface area contributed by atoms with Crippen LogP contribution in [0.5, 0.6) is 0 Å². The van der Waals surface area contributed by atoms with Crippen LogP contribution in [0.25, 0.3) is 10.9 Å². The third-order valence-electron chi connectivity index (χ3n) is 3.59. The van der Waals surface area contributed by atoms with Crippen LogP contribution < -0.4 is 11.0 Å². The fourth-order valence-electron chi connectivity index (χ4n) is 1.42. The van der Waals surface area contributed by atoms with Gasteiger partial charge in [0.15, 0.2) is 0 Å². The zero-order chi connectivity index (χ0) is 17.3. The minimum absolute atomic E-state index is 0.0247. The molecular formula is C14H20BIN2O3S. The van der Waals surface area contributed by atoms with Gasteiger partial charge in [-0.25, -0.2) is 0 Å². The van der Waals surface area contributed by atoms with Crippen molar-refractivity contribution in [3.63, 3.8) is 0 Å². The highest BCUT2D eigenvalue weighted by Crippen LogP contribution is 2.21. The highest BCUT2D eigenvalue weighted by molar-refractivity contribution is 14.2. The molecule has 2 N–H and O–H groups in total. The van der Waals surface area contributed by atoms with E-state index < -0.39 is 11.2 Å². The van der Waals surface area contributed by atoms with Crippen molar-refractivity contribution in [1.82, 2.24) is 8.54 Å². The van der Waals surface area contributed by atoms with Gasteiger partial charge in [0.2, 0.25) is 0 Å². The second-order valence-electron chi connectivity index (χ2n) is 6.09. The number of aromatic nitrogens is 2. The minimum atomic E-state index is -1.01. The van der Waals surface area contributed by atoms with Crippen LogP contribution in [0, 0.1) is 0 Å². The van der Waals surface area contributed by atoms with Gasteiger partial charge in [-0.1, -0.05) is 5.46 Å². The van der Waals surface area contributed by atoms with Gasteiger partial charge in [-0.2, -0.15) is 0 Å². The molecule has 0 aliphatic rings. The van der Waals surface area contributed by atoms with Gasteiger partial charge in [0.25, 0.3) is 5.56 Å². The second kappa shape index (κ2) is 6.98. The summed E-state index contributed by atoms with van der Waals surface area (Å²) in [6.45, 7) is 6.31. The van der Waals surface area contributed by atoms with E-state index >= 15 is 0 Å². The molecule has 0 fully saturated rings. The fourth-order valence-corrected chi connectivity index (χ4v) is 2.76. The van der Waals surface area contributed by atoms with Crippen molar-refractivity contribution in [3.05, 3.63) is 28.8 Å². The molecule has 22 heavy (non-hydrogen) atoms. The number of hydrogen-bond donors (Lipinski definition) is 2. The van der Waals surface area contributed by atoms with Crippen LogP contribution in [0.3, 0.4) is 0 Å². The van der Waals surface area contributed by atoms with Crippen LogP contribution in [-0.2, 0) is 7.05 Å². The van der Waals surface area contributed by atoms with E-state index in [2.05, 4.69) is 21.2 Å². The van der Waals surface area contributed by atoms with Crippen molar-refractivity contribution in [2.75, 3.05) is 0 Å². The number of halogens is 1. The standard InChI is InChI=1S/C8H6BIN2OS.C6H14O2/c1-11-4-6(9)5-2-3-12(14-10)7(5)8(11)13;1-5(2,7)6(3,4)8/h2-4H,1H3;7-8H,1-4H3. The van der Waals surface area contributed by atoms with Gasteiger partial charge in [-0.05, 0) is 33.8 Å². The van der Waals surface area contributed by atoms with Crippen molar-refractivity contribution in [3.8, 4) is 0 Å². The highest BCUT2D eigenvalue weighted by Gasteiger charge is 2.31. The Bertz CT molecular complexity index is 702. The summed E-state index contributed by atoms with van der Waals surface area (Å²) in [7, 11) is 8.97. The third kappa shape index (κ3) is 4.30. The second-order valence-corrected chi connectivity index (χ2v) is 7.80. The minimum Gasteiger partial charge on any atom is -0.387 e. The number of nitrogens with zero attached hydrogens (tertiary/aromatic N) is 2. The summed E-state index contributed by atoms with van der Waals surface area (Å²) in [6, 6.07) is 1.86. The fraction of sp³-hybridized carbons (Fsp3) is 0.500. The topological polar surface area (TPSA) is 67.4 Å². The number of hydrogen-bond acceptors (Lipinski definition) is 4. The van der Waals surface area contributed by atoms with Crippen molar-refractivity contribution in [2.24, 2.45) is 7.05 Å².